The van der Waals surface area contributed by atoms with Crippen LogP contribution in [0.3, 0.4) is 0 Å². The van der Waals surface area contributed by atoms with Crippen LogP contribution in [0.25, 0.3) is 0 Å². The van der Waals surface area contributed by atoms with Crippen molar-refractivity contribution in [3.8, 4) is 0 Å². The van der Waals surface area contributed by atoms with E-state index in [0.717, 1.165) is 25.9 Å². The van der Waals surface area contributed by atoms with Crippen LogP contribution in [0, 0.1) is 5.82 Å². The molecule has 2 aromatic rings. The molecule has 0 saturated carbocycles. The summed E-state index contributed by atoms with van der Waals surface area (Å²) in [5.41, 5.74) is 1.51. The minimum absolute atomic E-state index is 0.0562. The quantitative estimate of drug-likeness (QED) is 0.763. The predicted molar refractivity (Wildman–Crippen MR) is 108 cm³/mol. The molecule has 27 heavy (non-hydrogen) atoms. The van der Waals surface area contributed by atoms with Crippen LogP contribution >= 0.6 is 23.4 Å². The third-order valence-electron chi connectivity index (χ3n) is 4.33. The Kier molecular flexibility index (Phi) is 6.74. The van der Waals surface area contributed by atoms with Crippen molar-refractivity contribution in [3.63, 3.8) is 0 Å². The number of thioether (sulfide) groups is 1. The van der Waals surface area contributed by atoms with Crippen LogP contribution in [-0.2, 0) is 10.5 Å². The van der Waals surface area contributed by atoms with Gasteiger partial charge < -0.3 is 10.2 Å². The number of carbonyl (C=O) groups is 2. The first kappa shape index (κ1) is 19.7. The van der Waals surface area contributed by atoms with E-state index in [1.807, 2.05) is 4.90 Å². The fourth-order valence-electron chi connectivity index (χ4n) is 2.95. The Balaban J connectivity index is 1.57. The maximum atomic E-state index is 13.8. The summed E-state index contributed by atoms with van der Waals surface area (Å²) in [6.07, 6.45) is 2.02. The fraction of sp³-hybridized carbons (Fsp3) is 0.300. The predicted octanol–water partition coefficient (Wildman–Crippen LogP) is 4.59. The third-order valence-corrected chi connectivity index (χ3v) is 5.55. The highest BCUT2D eigenvalue weighted by Gasteiger charge is 2.22. The molecule has 0 aromatic heterocycles. The first-order chi connectivity index (χ1) is 13.0. The van der Waals surface area contributed by atoms with Crippen LogP contribution in [0.2, 0.25) is 5.02 Å². The summed E-state index contributed by atoms with van der Waals surface area (Å²) in [7, 11) is 0. The smallest absolute Gasteiger partial charge is 0.255 e. The Hall–Kier alpha value is -2.05. The van der Waals surface area contributed by atoms with Crippen LogP contribution < -0.4 is 5.32 Å². The number of hydrogen-bond acceptors (Lipinski definition) is 3. The Labute approximate surface area is 167 Å². The number of hydrogen-bond donors (Lipinski definition) is 1. The lowest BCUT2D eigenvalue weighted by Crippen LogP contribution is -2.29. The normalized spacial score (nSPS) is 13.6. The monoisotopic (exact) mass is 406 g/mol. The van der Waals surface area contributed by atoms with Gasteiger partial charge in [0.2, 0.25) is 5.91 Å². The molecule has 0 spiro atoms. The number of anilines is 1. The molecule has 1 aliphatic rings. The van der Waals surface area contributed by atoms with E-state index >= 15 is 0 Å². The number of benzene rings is 2. The zero-order chi connectivity index (χ0) is 19.2. The molecule has 0 atom stereocenters. The zero-order valence-electron chi connectivity index (χ0n) is 14.7. The molecule has 7 heteroatoms. The summed E-state index contributed by atoms with van der Waals surface area (Å²) >= 11 is 7.04. The van der Waals surface area contributed by atoms with Crippen molar-refractivity contribution in [2.75, 3.05) is 24.2 Å². The lowest BCUT2D eigenvalue weighted by molar-refractivity contribution is -0.113. The summed E-state index contributed by atoms with van der Waals surface area (Å²) in [5, 5.41) is 3.15. The van der Waals surface area contributed by atoms with Gasteiger partial charge in [0.25, 0.3) is 5.91 Å². The number of para-hydroxylation sites is 1. The number of nitrogens with zero attached hydrogens (tertiary/aromatic N) is 1. The molecule has 0 radical (unpaired) electrons. The van der Waals surface area contributed by atoms with E-state index in [1.165, 1.54) is 17.8 Å². The summed E-state index contributed by atoms with van der Waals surface area (Å²) in [6.45, 7) is 1.51. The van der Waals surface area contributed by atoms with Crippen molar-refractivity contribution < 1.29 is 14.0 Å². The minimum Gasteiger partial charge on any atom is -0.339 e. The SMILES string of the molecule is O=C(CSCc1ccc(Cl)cc1F)Nc1ccccc1C(=O)N1CCCC1. The van der Waals surface area contributed by atoms with Gasteiger partial charge in [-0.3, -0.25) is 9.59 Å². The van der Waals surface area contributed by atoms with Gasteiger partial charge in [-0.05, 0) is 42.7 Å². The van der Waals surface area contributed by atoms with E-state index in [4.69, 9.17) is 11.6 Å². The lowest BCUT2D eigenvalue weighted by atomic mass is 10.1. The number of nitrogens with one attached hydrogen (secondary N) is 1. The summed E-state index contributed by atoms with van der Waals surface area (Å²) in [6, 6.07) is 11.5. The number of amides is 2. The number of rotatable bonds is 6. The lowest BCUT2D eigenvalue weighted by Gasteiger charge is -2.18. The molecule has 1 N–H and O–H groups in total. The highest BCUT2D eigenvalue weighted by Crippen LogP contribution is 2.22. The molecule has 1 saturated heterocycles. The van der Waals surface area contributed by atoms with Gasteiger partial charge in [0.1, 0.15) is 5.82 Å². The van der Waals surface area contributed by atoms with Gasteiger partial charge in [0, 0.05) is 23.9 Å². The first-order valence-corrected chi connectivity index (χ1v) is 10.3. The Morgan fingerprint density at radius 2 is 1.89 bits per heavy atom. The van der Waals surface area contributed by atoms with Gasteiger partial charge in [-0.25, -0.2) is 4.39 Å². The number of carbonyl (C=O) groups excluding carboxylic acids is 2. The zero-order valence-corrected chi connectivity index (χ0v) is 16.3. The Bertz CT molecular complexity index is 840. The van der Waals surface area contributed by atoms with E-state index in [1.54, 1.807) is 36.4 Å². The van der Waals surface area contributed by atoms with E-state index < -0.39 is 0 Å². The van der Waals surface area contributed by atoms with E-state index in [9.17, 15) is 14.0 Å². The van der Waals surface area contributed by atoms with Gasteiger partial charge in [0.15, 0.2) is 0 Å². The van der Waals surface area contributed by atoms with Crippen LogP contribution in [-0.4, -0.2) is 35.6 Å². The molecule has 2 amide bonds. The molecule has 1 fully saturated rings. The van der Waals surface area contributed by atoms with Gasteiger partial charge in [-0.15, -0.1) is 11.8 Å². The van der Waals surface area contributed by atoms with Crippen LogP contribution in [0.15, 0.2) is 42.5 Å². The molecule has 0 bridgehead atoms. The molecule has 3 rings (SSSR count). The molecule has 0 aliphatic carbocycles. The van der Waals surface area contributed by atoms with Crippen molar-refractivity contribution in [3.05, 3.63) is 64.4 Å². The molecule has 0 unspecified atom stereocenters. The van der Waals surface area contributed by atoms with Crippen molar-refractivity contribution in [2.45, 2.75) is 18.6 Å². The van der Waals surface area contributed by atoms with Crippen molar-refractivity contribution in [1.82, 2.24) is 4.90 Å². The van der Waals surface area contributed by atoms with Gasteiger partial charge in [-0.2, -0.15) is 0 Å². The molecule has 142 valence electrons. The molecule has 2 aromatic carbocycles. The second kappa shape index (κ2) is 9.24. The average molecular weight is 407 g/mol. The second-order valence-corrected chi connectivity index (χ2v) is 7.74. The molecular formula is C20H20ClFN2O2S. The summed E-state index contributed by atoms with van der Waals surface area (Å²) < 4.78 is 13.8. The van der Waals surface area contributed by atoms with Crippen molar-refractivity contribution in [1.29, 1.82) is 0 Å². The van der Waals surface area contributed by atoms with E-state index in [-0.39, 0.29) is 23.4 Å². The Morgan fingerprint density at radius 1 is 1.15 bits per heavy atom. The maximum absolute atomic E-state index is 13.8. The fourth-order valence-corrected chi connectivity index (χ4v) is 3.92. The topological polar surface area (TPSA) is 49.4 Å². The van der Waals surface area contributed by atoms with Crippen LogP contribution in [0.4, 0.5) is 10.1 Å². The van der Waals surface area contributed by atoms with Gasteiger partial charge in [0.05, 0.1) is 17.0 Å². The maximum Gasteiger partial charge on any atom is 0.255 e. The molecule has 1 aliphatic heterocycles. The third kappa shape index (κ3) is 5.23. The standard InChI is InChI=1S/C20H20ClFN2O2S/c21-15-8-7-14(17(22)11-15)12-27-13-19(25)23-18-6-2-1-5-16(18)20(26)24-9-3-4-10-24/h1-2,5-8,11H,3-4,9-10,12-13H2,(H,23,25). The number of likely N-dealkylation sites (tertiary alicyclic amines) is 1. The largest absolute Gasteiger partial charge is 0.339 e. The molecule has 4 nitrogen and oxygen atoms in total. The summed E-state index contributed by atoms with van der Waals surface area (Å²) in [4.78, 5) is 26.7. The average Bonchev–Trinajstić information content (AvgIpc) is 3.18. The highest BCUT2D eigenvalue weighted by molar-refractivity contribution is 7.99. The van der Waals surface area contributed by atoms with Crippen molar-refractivity contribution in [2.24, 2.45) is 0 Å². The van der Waals surface area contributed by atoms with Crippen molar-refractivity contribution >= 4 is 40.9 Å². The summed E-state index contributed by atoms with van der Waals surface area (Å²) in [5.74, 6) is -0.133. The van der Waals surface area contributed by atoms with E-state index in [0.29, 0.717) is 27.6 Å². The molecular weight excluding hydrogens is 387 g/mol. The first-order valence-electron chi connectivity index (χ1n) is 8.74. The van der Waals surface area contributed by atoms with E-state index in [2.05, 4.69) is 5.32 Å². The minimum atomic E-state index is -0.378. The second-order valence-electron chi connectivity index (χ2n) is 6.32. The van der Waals surface area contributed by atoms with Gasteiger partial charge >= 0.3 is 0 Å². The van der Waals surface area contributed by atoms with Crippen LogP contribution in [0.5, 0.6) is 0 Å². The Morgan fingerprint density at radius 3 is 2.63 bits per heavy atom. The molecule has 1 heterocycles. The van der Waals surface area contributed by atoms with Gasteiger partial charge in [-0.1, -0.05) is 29.8 Å². The highest BCUT2D eigenvalue weighted by atomic mass is 35.5. The number of halogens is 2. The van der Waals surface area contributed by atoms with Crippen LogP contribution in [0.1, 0.15) is 28.8 Å².